The van der Waals surface area contributed by atoms with E-state index in [0.717, 1.165) is 25.9 Å². The van der Waals surface area contributed by atoms with Crippen molar-refractivity contribution in [1.29, 1.82) is 0 Å². The predicted molar refractivity (Wildman–Crippen MR) is 75.0 cm³/mol. The van der Waals surface area contributed by atoms with Crippen LogP contribution in [0.2, 0.25) is 0 Å². The first-order valence-corrected chi connectivity index (χ1v) is 7.67. The molecule has 2 aliphatic carbocycles. The maximum atomic E-state index is 12.5. The van der Waals surface area contributed by atoms with E-state index in [-0.39, 0.29) is 5.92 Å². The van der Waals surface area contributed by atoms with Crippen LogP contribution in [0.25, 0.3) is 0 Å². The van der Waals surface area contributed by atoms with Crippen LogP contribution in [0.3, 0.4) is 0 Å². The molecule has 2 N–H and O–H groups in total. The molecular formula is C14H22N2OS. The molecule has 3 fully saturated rings. The minimum Gasteiger partial charge on any atom is -0.393 e. The highest BCUT2D eigenvalue weighted by Gasteiger charge is 2.55. The predicted octanol–water partition coefficient (Wildman–Crippen LogP) is 1.95. The van der Waals surface area contributed by atoms with E-state index in [1.54, 1.807) is 0 Å². The Balaban J connectivity index is 1.61. The van der Waals surface area contributed by atoms with Gasteiger partial charge in [0, 0.05) is 24.9 Å². The average Bonchev–Trinajstić information content (AvgIpc) is 3.12. The van der Waals surface area contributed by atoms with Crippen LogP contribution >= 0.6 is 12.2 Å². The molecule has 3 aliphatic rings. The summed E-state index contributed by atoms with van der Waals surface area (Å²) in [6, 6.07) is 0. The van der Waals surface area contributed by atoms with Gasteiger partial charge in [-0.2, -0.15) is 0 Å². The molecule has 18 heavy (non-hydrogen) atoms. The SMILES string of the molecule is NC(=S)C1CCCN(C(=O)C2C3CCCCC32)C1. The van der Waals surface area contributed by atoms with Crippen LogP contribution < -0.4 is 5.73 Å². The highest BCUT2D eigenvalue weighted by molar-refractivity contribution is 7.80. The highest BCUT2D eigenvalue weighted by atomic mass is 32.1. The smallest absolute Gasteiger partial charge is 0.226 e. The second-order valence-electron chi connectivity index (χ2n) is 6.16. The van der Waals surface area contributed by atoms with Gasteiger partial charge in [-0.15, -0.1) is 0 Å². The lowest BCUT2D eigenvalue weighted by atomic mass is 9.97. The Morgan fingerprint density at radius 2 is 1.78 bits per heavy atom. The van der Waals surface area contributed by atoms with E-state index in [1.807, 2.05) is 4.90 Å². The molecule has 0 aromatic heterocycles. The van der Waals surface area contributed by atoms with E-state index in [2.05, 4.69) is 0 Å². The normalized spacial score (nSPS) is 39.0. The molecule has 0 radical (unpaired) electrons. The largest absolute Gasteiger partial charge is 0.393 e. The van der Waals surface area contributed by atoms with Crippen LogP contribution in [-0.4, -0.2) is 28.9 Å². The fourth-order valence-corrected chi connectivity index (χ4v) is 4.17. The molecule has 4 heteroatoms. The van der Waals surface area contributed by atoms with Crippen molar-refractivity contribution < 1.29 is 4.79 Å². The number of fused-ring (bicyclic) bond motifs is 1. The summed E-state index contributed by atoms with van der Waals surface area (Å²) in [6.07, 6.45) is 7.29. The quantitative estimate of drug-likeness (QED) is 0.777. The lowest BCUT2D eigenvalue weighted by Crippen LogP contribution is -2.44. The maximum absolute atomic E-state index is 12.5. The summed E-state index contributed by atoms with van der Waals surface area (Å²) in [5.74, 6) is 2.40. The molecule has 0 aromatic rings. The number of carbonyl (C=O) groups excluding carboxylic acids is 1. The van der Waals surface area contributed by atoms with Crippen molar-refractivity contribution in [3.05, 3.63) is 0 Å². The summed E-state index contributed by atoms with van der Waals surface area (Å²) in [4.78, 5) is 15.2. The lowest BCUT2D eigenvalue weighted by molar-refractivity contribution is -0.134. The van der Waals surface area contributed by atoms with Crippen molar-refractivity contribution in [2.24, 2.45) is 29.4 Å². The molecule has 100 valence electrons. The number of thiocarbonyl (C=S) groups is 1. The number of likely N-dealkylation sites (tertiary alicyclic amines) is 1. The van der Waals surface area contributed by atoms with Gasteiger partial charge in [-0.25, -0.2) is 0 Å². The Hall–Kier alpha value is -0.640. The van der Waals surface area contributed by atoms with Crippen molar-refractivity contribution in [1.82, 2.24) is 4.90 Å². The van der Waals surface area contributed by atoms with Gasteiger partial charge in [0.2, 0.25) is 5.91 Å². The summed E-state index contributed by atoms with van der Waals surface area (Å²) < 4.78 is 0. The molecule has 3 atom stereocenters. The molecule has 3 unspecified atom stereocenters. The van der Waals surface area contributed by atoms with Gasteiger partial charge in [0.15, 0.2) is 0 Å². The van der Waals surface area contributed by atoms with E-state index in [9.17, 15) is 4.79 Å². The van der Waals surface area contributed by atoms with E-state index in [1.165, 1.54) is 25.7 Å². The van der Waals surface area contributed by atoms with Gasteiger partial charge in [0.25, 0.3) is 0 Å². The third-order valence-electron chi connectivity index (χ3n) is 5.08. The standard InChI is InChI=1S/C14H22N2OS/c15-13(18)9-4-3-7-16(8-9)14(17)12-10-5-1-2-6-11(10)12/h9-12H,1-8H2,(H2,15,18). The number of rotatable bonds is 2. The number of carbonyl (C=O) groups is 1. The molecule has 1 heterocycles. The number of hydrogen-bond donors (Lipinski definition) is 1. The van der Waals surface area contributed by atoms with Gasteiger partial charge in [0.05, 0.1) is 4.99 Å². The Labute approximate surface area is 114 Å². The maximum Gasteiger partial charge on any atom is 0.226 e. The number of piperidine rings is 1. The summed E-state index contributed by atoms with van der Waals surface area (Å²) in [5.41, 5.74) is 5.73. The minimum atomic E-state index is 0.249. The summed E-state index contributed by atoms with van der Waals surface area (Å²) >= 11 is 5.08. The van der Waals surface area contributed by atoms with Gasteiger partial charge in [0.1, 0.15) is 0 Å². The van der Waals surface area contributed by atoms with Crippen LogP contribution in [0.4, 0.5) is 0 Å². The molecule has 0 spiro atoms. The van der Waals surface area contributed by atoms with Gasteiger partial charge in [-0.1, -0.05) is 25.1 Å². The molecule has 3 rings (SSSR count). The Morgan fingerprint density at radius 3 is 2.39 bits per heavy atom. The first kappa shape index (κ1) is 12.4. The monoisotopic (exact) mass is 266 g/mol. The first-order chi connectivity index (χ1) is 8.68. The zero-order valence-corrected chi connectivity index (χ0v) is 11.6. The fourth-order valence-electron chi connectivity index (χ4n) is 3.98. The van der Waals surface area contributed by atoms with E-state index >= 15 is 0 Å². The Kier molecular flexibility index (Phi) is 3.31. The topological polar surface area (TPSA) is 46.3 Å². The number of nitrogens with two attached hydrogens (primary N) is 1. The molecule has 3 nitrogen and oxygen atoms in total. The van der Waals surface area contributed by atoms with Crippen molar-refractivity contribution >= 4 is 23.1 Å². The molecular weight excluding hydrogens is 244 g/mol. The number of amides is 1. The molecule has 1 amide bonds. The van der Waals surface area contributed by atoms with Crippen molar-refractivity contribution in [2.75, 3.05) is 13.1 Å². The van der Waals surface area contributed by atoms with Gasteiger partial charge in [-0.05, 0) is 37.5 Å². The molecule has 0 bridgehead atoms. The van der Waals surface area contributed by atoms with Crippen molar-refractivity contribution in [3.8, 4) is 0 Å². The zero-order valence-electron chi connectivity index (χ0n) is 10.8. The van der Waals surface area contributed by atoms with Crippen molar-refractivity contribution in [2.45, 2.75) is 38.5 Å². The molecule has 1 aliphatic heterocycles. The minimum absolute atomic E-state index is 0.249. The molecule has 2 saturated carbocycles. The Morgan fingerprint density at radius 1 is 1.11 bits per heavy atom. The summed E-state index contributed by atoms with van der Waals surface area (Å²) in [5, 5.41) is 0. The van der Waals surface area contributed by atoms with Crippen LogP contribution in [-0.2, 0) is 4.79 Å². The van der Waals surface area contributed by atoms with Crippen LogP contribution in [0, 0.1) is 23.7 Å². The fraction of sp³-hybridized carbons (Fsp3) is 0.857. The number of hydrogen-bond acceptors (Lipinski definition) is 2. The van der Waals surface area contributed by atoms with E-state index in [0.29, 0.717) is 28.6 Å². The summed E-state index contributed by atoms with van der Waals surface area (Å²) in [7, 11) is 0. The van der Waals surface area contributed by atoms with Gasteiger partial charge >= 0.3 is 0 Å². The third kappa shape index (κ3) is 2.15. The molecule has 0 aromatic carbocycles. The average molecular weight is 266 g/mol. The van der Waals surface area contributed by atoms with Crippen LogP contribution in [0.1, 0.15) is 38.5 Å². The first-order valence-electron chi connectivity index (χ1n) is 7.26. The second-order valence-corrected chi connectivity index (χ2v) is 6.64. The second kappa shape index (κ2) is 4.80. The van der Waals surface area contributed by atoms with Crippen LogP contribution in [0.15, 0.2) is 0 Å². The van der Waals surface area contributed by atoms with Gasteiger partial charge < -0.3 is 10.6 Å². The Bertz CT molecular complexity index is 359. The lowest BCUT2D eigenvalue weighted by Gasteiger charge is -2.32. The third-order valence-corrected chi connectivity index (χ3v) is 5.41. The summed E-state index contributed by atoms with van der Waals surface area (Å²) in [6.45, 7) is 1.68. The van der Waals surface area contributed by atoms with Crippen LogP contribution in [0.5, 0.6) is 0 Å². The van der Waals surface area contributed by atoms with Crippen molar-refractivity contribution in [3.63, 3.8) is 0 Å². The highest BCUT2D eigenvalue weighted by Crippen LogP contribution is 2.56. The van der Waals surface area contributed by atoms with E-state index < -0.39 is 0 Å². The van der Waals surface area contributed by atoms with E-state index in [4.69, 9.17) is 18.0 Å². The molecule has 1 saturated heterocycles. The number of nitrogens with zero attached hydrogens (tertiary/aromatic N) is 1. The zero-order chi connectivity index (χ0) is 12.7. The van der Waals surface area contributed by atoms with Gasteiger partial charge in [-0.3, -0.25) is 4.79 Å².